The third kappa shape index (κ3) is 6.27. The largest absolute Gasteiger partial charge is 0.488 e. The summed E-state index contributed by atoms with van der Waals surface area (Å²) in [6.07, 6.45) is 5.91. The van der Waals surface area contributed by atoms with E-state index in [4.69, 9.17) is 9.47 Å². The van der Waals surface area contributed by atoms with E-state index >= 15 is 0 Å². The van der Waals surface area contributed by atoms with Crippen LogP contribution in [0.2, 0.25) is 0 Å². The van der Waals surface area contributed by atoms with Crippen molar-refractivity contribution >= 4 is 5.97 Å². The number of esters is 1. The summed E-state index contributed by atoms with van der Waals surface area (Å²) in [5, 5.41) is 0. The molecule has 0 aliphatic heterocycles. The first-order chi connectivity index (χ1) is 16.9. The fraction of sp³-hybridized carbons (Fsp3) is 0.367. The van der Waals surface area contributed by atoms with Gasteiger partial charge in [0.1, 0.15) is 5.75 Å². The number of ether oxygens (including phenoxy) is 2. The molecule has 1 aliphatic carbocycles. The summed E-state index contributed by atoms with van der Waals surface area (Å²) in [6.45, 7) is 4.08. The highest BCUT2D eigenvalue weighted by Crippen LogP contribution is 2.39. The van der Waals surface area contributed by atoms with Crippen LogP contribution in [0.5, 0.6) is 11.5 Å². The molecule has 3 aromatic carbocycles. The number of carbonyl (C=O) groups excluding carboxylic acids is 1. The second-order valence-corrected chi connectivity index (χ2v) is 9.43. The van der Waals surface area contributed by atoms with E-state index in [0.717, 1.165) is 30.9 Å². The van der Waals surface area contributed by atoms with Crippen molar-refractivity contribution in [3.8, 4) is 11.5 Å². The zero-order valence-corrected chi connectivity index (χ0v) is 20.3. The lowest BCUT2D eigenvalue weighted by Gasteiger charge is -2.30. The number of hydrogen-bond donors (Lipinski definition) is 0. The van der Waals surface area contributed by atoms with E-state index in [2.05, 4.69) is 37.3 Å². The molecule has 184 valence electrons. The fourth-order valence-electron chi connectivity index (χ4n) is 5.08. The Bertz CT molecular complexity index is 1100. The summed E-state index contributed by atoms with van der Waals surface area (Å²) >= 11 is 0. The van der Waals surface area contributed by atoms with Crippen LogP contribution in [-0.2, 0) is 0 Å². The summed E-state index contributed by atoms with van der Waals surface area (Å²) < 4.78 is 38.2. The number of halogens is 2. The first-order valence-corrected chi connectivity index (χ1v) is 12.4. The number of benzene rings is 3. The van der Waals surface area contributed by atoms with Crippen molar-refractivity contribution in [3.63, 3.8) is 0 Å². The molecule has 1 fully saturated rings. The molecule has 0 unspecified atom stereocenters. The summed E-state index contributed by atoms with van der Waals surface area (Å²) in [4.78, 5) is 12.5. The molecule has 3 aromatic rings. The van der Waals surface area contributed by atoms with Crippen LogP contribution in [0.3, 0.4) is 0 Å². The van der Waals surface area contributed by atoms with Crippen LogP contribution in [-0.4, -0.2) is 12.6 Å². The van der Waals surface area contributed by atoms with Crippen LogP contribution in [0.25, 0.3) is 0 Å². The smallest absolute Gasteiger partial charge is 0.343 e. The molecule has 0 N–H and O–H groups in total. The van der Waals surface area contributed by atoms with Gasteiger partial charge in [-0.25, -0.2) is 13.6 Å². The van der Waals surface area contributed by atoms with E-state index in [0.29, 0.717) is 17.4 Å². The van der Waals surface area contributed by atoms with Gasteiger partial charge in [0.2, 0.25) is 0 Å². The maximum Gasteiger partial charge on any atom is 0.343 e. The number of rotatable bonds is 8. The monoisotopic (exact) mass is 478 g/mol. The normalized spacial score (nSPS) is 18.6. The molecule has 1 atom stereocenters. The lowest BCUT2D eigenvalue weighted by Crippen LogP contribution is -2.15. The van der Waals surface area contributed by atoms with Crippen molar-refractivity contribution in [1.82, 2.24) is 0 Å². The Labute approximate surface area is 206 Å². The highest BCUT2D eigenvalue weighted by atomic mass is 19.1. The molecule has 0 radical (unpaired) electrons. The average Bonchev–Trinajstić information content (AvgIpc) is 2.87. The minimum atomic E-state index is -0.904. The molecule has 0 aromatic heterocycles. The van der Waals surface area contributed by atoms with E-state index in [9.17, 15) is 13.6 Å². The van der Waals surface area contributed by atoms with Crippen molar-refractivity contribution in [2.45, 2.75) is 57.8 Å². The average molecular weight is 479 g/mol. The molecule has 35 heavy (non-hydrogen) atoms. The third-order valence-corrected chi connectivity index (χ3v) is 6.99. The minimum absolute atomic E-state index is 0.133. The van der Waals surface area contributed by atoms with Crippen molar-refractivity contribution in [1.29, 1.82) is 0 Å². The maximum absolute atomic E-state index is 14.0. The van der Waals surface area contributed by atoms with Crippen LogP contribution < -0.4 is 9.47 Å². The van der Waals surface area contributed by atoms with Gasteiger partial charge in [-0.15, -0.1) is 0 Å². The van der Waals surface area contributed by atoms with E-state index in [1.54, 1.807) is 19.1 Å². The molecule has 0 bridgehead atoms. The Hall–Kier alpha value is -3.21. The predicted octanol–water partition coefficient (Wildman–Crippen LogP) is 8.05. The Morgan fingerprint density at radius 3 is 2.17 bits per heavy atom. The molecule has 1 aliphatic rings. The topological polar surface area (TPSA) is 35.5 Å². The molecule has 0 spiro atoms. The SMILES string of the molecule is CCOc1c(F)cc(OC(=O)c2ccc(C3CCC(C[C@H](C)c4ccccc4)CC3)cc2)cc1F. The van der Waals surface area contributed by atoms with Gasteiger partial charge in [0, 0.05) is 12.1 Å². The summed E-state index contributed by atoms with van der Waals surface area (Å²) in [7, 11) is 0. The van der Waals surface area contributed by atoms with E-state index in [1.807, 2.05) is 12.1 Å². The van der Waals surface area contributed by atoms with Crippen molar-refractivity contribution in [2.24, 2.45) is 5.92 Å². The second kappa shape index (κ2) is 11.5. The first-order valence-electron chi connectivity index (χ1n) is 12.4. The summed E-state index contributed by atoms with van der Waals surface area (Å²) in [6, 6.07) is 20.0. The first kappa shape index (κ1) is 24.9. The molecular formula is C30H32F2O3. The Kier molecular flexibility index (Phi) is 8.17. The van der Waals surface area contributed by atoms with E-state index in [1.165, 1.54) is 30.4 Å². The zero-order chi connectivity index (χ0) is 24.8. The molecule has 1 saturated carbocycles. The van der Waals surface area contributed by atoms with Crippen LogP contribution in [0.1, 0.15) is 79.3 Å². The van der Waals surface area contributed by atoms with Crippen LogP contribution >= 0.6 is 0 Å². The van der Waals surface area contributed by atoms with Gasteiger partial charge in [0.05, 0.1) is 12.2 Å². The van der Waals surface area contributed by atoms with Gasteiger partial charge in [0.15, 0.2) is 17.4 Å². The molecular weight excluding hydrogens is 446 g/mol. The van der Waals surface area contributed by atoms with Gasteiger partial charge in [0.25, 0.3) is 0 Å². The van der Waals surface area contributed by atoms with Gasteiger partial charge in [-0.2, -0.15) is 0 Å². The maximum atomic E-state index is 14.0. The van der Waals surface area contributed by atoms with Gasteiger partial charge < -0.3 is 9.47 Å². The molecule has 3 nitrogen and oxygen atoms in total. The number of hydrogen-bond acceptors (Lipinski definition) is 3. The lowest BCUT2D eigenvalue weighted by molar-refractivity contribution is 0.0733. The Morgan fingerprint density at radius 1 is 0.943 bits per heavy atom. The minimum Gasteiger partial charge on any atom is -0.488 e. The van der Waals surface area contributed by atoms with E-state index in [-0.39, 0.29) is 12.4 Å². The summed E-state index contributed by atoms with van der Waals surface area (Å²) in [5.41, 5.74) is 2.97. The standard InChI is InChI=1S/C30H32F2O3/c1-3-34-29-27(31)18-26(19-28(29)32)35-30(33)25-15-13-24(14-16-25)23-11-9-21(10-12-23)17-20(2)22-7-5-4-6-8-22/h4-8,13-16,18-21,23H,3,9-12,17H2,1-2H3/t20-,21?,23?/m0/s1. The number of carbonyl (C=O) groups is 1. The fourth-order valence-corrected chi connectivity index (χ4v) is 5.08. The third-order valence-electron chi connectivity index (χ3n) is 6.99. The molecule has 0 amide bonds. The van der Waals surface area contributed by atoms with Crippen molar-refractivity contribution in [2.75, 3.05) is 6.61 Å². The second-order valence-electron chi connectivity index (χ2n) is 9.43. The van der Waals surface area contributed by atoms with Crippen LogP contribution in [0, 0.1) is 17.6 Å². The molecule has 0 heterocycles. The Balaban J connectivity index is 1.31. The zero-order valence-electron chi connectivity index (χ0n) is 20.3. The van der Waals surface area contributed by atoms with Crippen LogP contribution in [0.4, 0.5) is 8.78 Å². The van der Waals surface area contributed by atoms with Gasteiger partial charge in [-0.05, 0) is 80.0 Å². The van der Waals surface area contributed by atoms with Gasteiger partial charge in [-0.1, -0.05) is 49.4 Å². The Morgan fingerprint density at radius 2 is 1.57 bits per heavy atom. The van der Waals surface area contributed by atoms with Gasteiger partial charge >= 0.3 is 5.97 Å². The molecule has 0 saturated heterocycles. The highest BCUT2D eigenvalue weighted by Gasteiger charge is 2.24. The molecule has 5 heteroatoms. The van der Waals surface area contributed by atoms with E-state index < -0.39 is 23.4 Å². The van der Waals surface area contributed by atoms with Crippen LogP contribution in [0.15, 0.2) is 66.7 Å². The van der Waals surface area contributed by atoms with Gasteiger partial charge in [-0.3, -0.25) is 0 Å². The van der Waals surface area contributed by atoms with Crippen molar-refractivity contribution in [3.05, 3.63) is 95.1 Å². The van der Waals surface area contributed by atoms with Crippen molar-refractivity contribution < 1.29 is 23.0 Å². The lowest BCUT2D eigenvalue weighted by atomic mass is 9.75. The highest BCUT2D eigenvalue weighted by molar-refractivity contribution is 5.91. The predicted molar refractivity (Wildman–Crippen MR) is 133 cm³/mol. The quantitative estimate of drug-likeness (QED) is 0.243. The molecule has 4 rings (SSSR count). The summed E-state index contributed by atoms with van der Waals surface area (Å²) in [5.74, 6) is -1.33.